The second-order valence-corrected chi connectivity index (χ2v) is 8.74. The lowest BCUT2D eigenvalue weighted by Gasteiger charge is -2.26. The lowest BCUT2D eigenvalue weighted by atomic mass is 10.2. The van der Waals surface area contributed by atoms with Gasteiger partial charge in [-0.15, -0.1) is 0 Å². The topological polar surface area (TPSA) is 98.8 Å². The molecule has 1 heterocycles. The van der Waals surface area contributed by atoms with Crippen molar-refractivity contribution in [1.82, 2.24) is 14.5 Å². The number of nitrogens with one attached hydrogen (secondary N) is 2. The molecule has 1 aliphatic rings. The maximum absolute atomic E-state index is 12.8. The highest BCUT2D eigenvalue weighted by Gasteiger charge is 2.26. The number of nitrogens with zero attached hydrogens (tertiary/aromatic N) is 2. The number of anilines is 1. The Labute approximate surface area is 167 Å². The Kier molecular flexibility index (Phi) is 8.40. The molecule has 1 aliphatic heterocycles. The summed E-state index contributed by atoms with van der Waals surface area (Å²) < 4.78 is 27.1. The third kappa shape index (κ3) is 6.29. The fraction of sp³-hybridized carbons (Fsp3) is 0.579. The molecular formula is C19H30N4O4S. The van der Waals surface area contributed by atoms with E-state index in [2.05, 4.69) is 10.6 Å². The fourth-order valence-corrected chi connectivity index (χ4v) is 4.69. The molecule has 0 unspecified atom stereocenters. The summed E-state index contributed by atoms with van der Waals surface area (Å²) in [6.07, 6.45) is 2.79. The van der Waals surface area contributed by atoms with Crippen molar-refractivity contribution in [2.24, 2.45) is 0 Å². The maximum atomic E-state index is 12.8. The van der Waals surface area contributed by atoms with Crippen molar-refractivity contribution in [3.63, 3.8) is 0 Å². The van der Waals surface area contributed by atoms with Crippen molar-refractivity contribution < 1.29 is 18.0 Å². The van der Waals surface area contributed by atoms with Crippen LogP contribution in [0.1, 0.15) is 33.1 Å². The number of benzene rings is 1. The number of rotatable bonds is 9. The van der Waals surface area contributed by atoms with E-state index in [1.165, 1.54) is 10.4 Å². The molecule has 156 valence electrons. The predicted molar refractivity (Wildman–Crippen MR) is 108 cm³/mol. The van der Waals surface area contributed by atoms with Gasteiger partial charge in [-0.05, 0) is 44.5 Å². The van der Waals surface area contributed by atoms with Crippen molar-refractivity contribution in [3.05, 3.63) is 24.3 Å². The van der Waals surface area contributed by atoms with Crippen LogP contribution in [0.15, 0.2) is 29.2 Å². The largest absolute Gasteiger partial charge is 0.355 e. The Morgan fingerprint density at radius 3 is 2.39 bits per heavy atom. The van der Waals surface area contributed by atoms with Crippen molar-refractivity contribution in [2.75, 3.05) is 44.6 Å². The van der Waals surface area contributed by atoms with E-state index in [4.69, 9.17) is 0 Å². The number of sulfonamides is 1. The molecule has 1 saturated heterocycles. The van der Waals surface area contributed by atoms with Crippen molar-refractivity contribution in [2.45, 2.75) is 38.0 Å². The van der Waals surface area contributed by atoms with Crippen LogP contribution in [0.3, 0.4) is 0 Å². The first kappa shape index (κ1) is 22.3. The third-order valence-corrected chi connectivity index (χ3v) is 6.52. The first-order valence-electron chi connectivity index (χ1n) is 9.76. The number of carbonyl (C=O) groups excluding carboxylic acids is 2. The molecule has 1 aromatic rings. The second-order valence-electron chi connectivity index (χ2n) is 6.80. The molecule has 8 nitrogen and oxygen atoms in total. The molecule has 1 fully saturated rings. The van der Waals surface area contributed by atoms with Gasteiger partial charge in [-0.25, -0.2) is 8.42 Å². The SMILES string of the molecule is CCNC(=O)CN(CC)CC(=O)Nc1cccc(S(=O)(=O)N2CCCCC2)c1. The molecule has 2 amide bonds. The minimum Gasteiger partial charge on any atom is -0.355 e. The lowest BCUT2D eigenvalue weighted by molar-refractivity contribution is -0.123. The molecule has 9 heteroatoms. The molecule has 0 radical (unpaired) electrons. The second kappa shape index (κ2) is 10.5. The molecule has 1 aromatic carbocycles. The van der Waals surface area contributed by atoms with Gasteiger partial charge in [0.1, 0.15) is 0 Å². The molecular weight excluding hydrogens is 380 g/mol. The number of likely N-dealkylation sites (N-methyl/N-ethyl adjacent to an activating group) is 2. The van der Waals surface area contributed by atoms with E-state index in [1.807, 2.05) is 13.8 Å². The van der Waals surface area contributed by atoms with Crippen molar-refractivity contribution in [1.29, 1.82) is 0 Å². The molecule has 0 bridgehead atoms. The molecule has 0 spiro atoms. The van der Waals surface area contributed by atoms with Gasteiger partial charge in [0.2, 0.25) is 21.8 Å². The predicted octanol–water partition coefficient (Wildman–Crippen LogP) is 1.26. The van der Waals surface area contributed by atoms with E-state index in [1.54, 1.807) is 23.1 Å². The summed E-state index contributed by atoms with van der Waals surface area (Å²) in [5, 5.41) is 5.44. The quantitative estimate of drug-likeness (QED) is 0.639. The van der Waals surface area contributed by atoms with E-state index >= 15 is 0 Å². The van der Waals surface area contributed by atoms with Crippen LogP contribution < -0.4 is 10.6 Å². The summed E-state index contributed by atoms with van der Waals surface area (Å²) in [5.41, 5.74) is 0.428. The lowest BCUT2D eigenvalue weighted by Crippen LogP contribution is -2.41. The van der Waals surface area contributed by atoms with Crippen LogP contribution in [0.5, 0.6) is 0 Å². The number of piperidine rings is 1. The van der Waals surface area contributed by atoms with Gasteiger partial charge in [0.25, 0.3) is 0 Å². The first-order valence-corrected chi connectivity index (χ1v) is 11.2. The maximum Gasteiger partial charge on any atom is 0.243 e. The summed E-state index contributed by atoms with van der Waals surface area (Å²) >= 11 is 0. The highest BCUT2D eigenvalue weighted by Crippen LogP contribution is 2.22. The molecule has 0 saturated carbocycles. The van der Waals surface area contributed by atoms with Gasteiger partial charge in [-0.2, -0.15) is 4.31 Å². The van der Waals surface area contributed by atoms with Crippen LogP contribution in [0.25, 0.3) is 0 Å². The van der Waals surface area contributed by atoms with Crippen LogP contribution in [0.2, 0.25) is 0 Å². The Morgan fingerprint density at radius 1 is 1.07 bits per heavy atom. The van der Waals surface area contributed by atoms with Gasteiger partial charge in [0.15, 0.2) is 0 Å². The normalized spacial score (nSPS) is 15.4. The summed E-state index contributed by atoms with van der Waals surface area (Å²) in [6, 6.07) is 6.32. The number of hydrogen-bond donors (Lipinski definition) is 2. The monoisotopic (exact) mass is 410 g/mol. The van der Waals surface area contributed by atoms with E-state index < -0.39 is 10.0 Å². The fourth-order valence-electron chi connectivity index (χ4n) is 3.13. The zero-order chi connectivity index (χ0) is 20.6. The Hall–Kier alpha value is -1.97. The van der Waals surface area contributed by atoms with Crippen LogP contribution in [-0.2, 0) is 19.6 Å². The molecule has 0 atom stereocenters. The number of hydrogen-bond acceptors (Lipinski definition) is 5. The van der Waals surface area contributed by atoms with Crippen LogP contribution >= 0.6 is 0 Å². The Morgan fingerprint density at radius 2 is 1.75 bits per heavy atom. The average molecular weight is 411 g/mol. The third-order valence-electron chi connectivity index (χ3n) is 4.63. The van der Waals surface area contributed by atoms with Crippen molar-refractivity contribution in [3.8, 4) is 0 Å². The van der Waals surface area contributed by atoms with Crippen LogP contribution in [-0.4, -0.2) is 68.7 Å². The van der Waals surface area contributed by atoms with E-state index in [0.29, 0.717) is 31.9 Å². The summed E-state index contributed by atoms with van der Waals surface area (Å²) in [7, 11) is -3.55. The van der Waals surface area contributed by atoms with Gasteiger partial charge in [-0.1, -0.05) is 19.4 Å². The van der Waals surface area contributed by atoms with E-state index in [-0.39, 0.29) is 29.8 Å². The van der Waals surface area contributed by atoms with Crippen molar-refractivity contribution >= 4 is 27.5 Å². The average Bonchev–Trinajstić information content (AvgIpc) is 2.68. The minimum absolute atomic E-state index is 0.0523. The van der Waals surface area contributed by atoms with Crippen LogP contribution in [0, 0.1) is 0 Å². The van der Waals surface area contributed by atoms with Gasteiger partial charge >= 0.3 is 0 Å². The number of carbonyl (C=O) groups is 2. The standard InChI is InChI=1S/C19H30N4O4S/c1-3-20-18(24)14-22(4-2)15-19(25)21-16-9-8-10-17(13-16)28(26,27)23-11-6-5-7-12-23/h8-10,13H,3-7,11-12,14-15H2,1-2H3,(H,20,24)(H,21,25). The molecule has 2 N–H and O–H groups in total. The molecule has 0 aromatic heterocycles. The van der Waals surface area contributed by atoms with Crippen LogP contribution in [0.4, 0.5) is 5.69 Å². The first-order chi connectivity index (χ1) is 13.4. The van der Waals surface area contributed by atoms with Gasteiger partial charge in [0.05, 0.1) is 18.0 Å². The summed E-state index contributed by atoms with van der Waals surface area (Å²) in [5.74, 6) is -0.426. The molecule has 28 heavy (non-hydrogen) atoms. The Balaban J connectivity index is 2.01. The summed E-state index contributed by atoms with van der Waals surface area (Å²) in [4.78, 5) is 25.9. The number of amides is 2. The van der Waals surface area contributed by atoms with E-state index in [0.717, 1.165) is 19.3 Å². The smallest absolute Gasteiger partial charge is 0.243 e. The van der Waals surface area contributed by atoms with Gasteiger partial charge in [-0.3, -0.25) is 14.5 Å². The zero-order valence-electron chi connectivity index (χ0n) is 16.6. The summed E-state index contributed by atoms with van der Waals surface area (Å²) in [6.45, 7) is 6.06. The molecule has 0 aliphatic carbocycles. The Bertz CT molecular complexity index is 776. The molecule has 2 rings (SSSR count). The van der Waals surface area contributed by atoms with E-state index in [9.17, 15) is 18.0 Å². The van der Waals surface area contributed by atoms with Gasteiger partial charge < -0.3 is 10.6 Å². The van der Waals surface area contributed by atoms with Gasteiger partial charge in [0, 0.05) is 25.3 Å². The highest BCUT2D eigenvalue weighted by molar-refractivity contribution is 7.89. The zero-order valence-corrected chi connectivity index (χ0v) is 17.4. The minimum atomic E-state index is -3.55. The highest BCUT2D eigenvalue weighted by atomic mass is 32.2.